The lowest BCUT2D eigenvalue weighted by atomic mass is 10.3. The molecule has 84 valence electrons. The number of hydrogen-bond donors (Lipinski definition) is 1. The van der Waals surface area contributed by atoms with Gasteiger partial charge in [0.25, 0.3) is 0 Å². The first-order valence-electron chi connectivity index (χ1n) is 4.65. The minimum atomic E-state index is -0.345. The fourth-order valence-electron chi connectivity index (χ4n) is 1.13. The van der Waals surface area contributed by atoms with Crippen LogP contribution in [0.25, 0.3) is 0 Å². The zero-order chi connectivity index (χ0) is 11.1. The first kappa shape index (κ1) is 12.5. The number of hydrogen-bond acceptors (Lipinski definition) is 5. The maximum atomic E-state index is 10.4. The van der Waals surface area contributed by atoms with E-state index in [2.05, 4.69) is 11.6 Å². The zero-order valence-corrected chi connectivity index (χ0v) is 10.2. The van der Waals surface area contributed by atoms with E-state index in [1.807, 2.05) is 17.1 Å². The van der Waals surface area contributed by atoms with E-state index in [1.54, 1.807) is 6.07 Å². The molecule has 1 rings (SSSR count). The summed E-state index contributed by atoms with van der Waals surface area (Å²) in [7, 11) is 0. The maximum Gasteiger partial charge on any atom is 0.324 e. The third-order valence-corrected chi connectivity index (χ3v) is 3.48. The van der Waals surface area contributed by atoms with Crippen molar-refractivity contribution in [2.45, 2.75) is 13.0 Å². The van der Waals surface area contributed by atoms with Gasteiger partial charge in [0.15, 0.2) is 0 Å². The van der Waals surface area contributed by atoms with Gasteiger partial charge in [0.2, 0.25) is 0 Å². The largest absolute Gasteiger partial charge is 0.324 e. The highest BCUT2D eigenvalue weighted by atomic mass is 32.2. The molecule has 0 aliphatic rings. The van der Waals surface area contributed by atoms with E-state index in [0.717, 1.165) is 30.8 Å². The summed E-state index contributed by atoms with van der Waals surface area (Å²) in [4.78, 5) is 10.1. The molecular formula is C9H14N2O2S2. The predicted molar refractivity (Wildman–Crippen MR) is 65.7 cm³/mol. The van der Waals surface area contributed by atoms with E-state index in [4.69, 9.17) is 0 Å². The maximum absolute atomic E-state index is 10.4. The highest BCUT2D eigenvalue weighted by Gasteiger charge is 2.08. The SMILES string of the molecule is CSCCCNCc1csc([N+](=O)[O-])c1. The average Bonchev–Trinajstić information content (AvgIpc) is 2.66. The molecule has 0 fully saturated rings. The van der Waals surface area contributed by atoms with Gasteiger partial charge in [-0.25, -0.2) is 0 Å². The minimum absolute atomic E-state index is 0.218. The van der Waals surface area contributed by atoms with E-state index < -0.39 is 0 Å². The fraction of sp³-hybridized carbons (Fsp3) is 0.556. The molecule has 0 spiro atoms. The zero-order valence-electron chi connectivity index (χ0n) is 8.56. The Balaban J connectivity index is 2.23. The number of thioether (sulfide) groups is 1. The smallest absolute Gasteiger partial charge is 0.313 e. The molecule has 1 aromatic heterocycles. The second-order valence-corrected chi connectivity index (χ2v) is 4.95. The molecule has 0 aliphatic heterocycles. The number of rotatable bonds is 7. The van der Waals surface area contributed by atoms with Gasteiger partial charge in [-0.1, -0.05) is 11.3 Å². The molecule has 4 nitrogen and oxygen atoms in total. The third kappa shape index (κ3) is 4.63. The Labute approximate surface area is 97.2 Å². The van der Waals surface area contributed by atoms with Gasteiger partial charge < -0.3 is 5.32 Å². The van der Waals surface area contributed by atoms with Gasteiger partial charge in [0.1, 0.15) is 0 Å². The van der Waals surface area contributed by atoms with E-state index in [9.17, 15) is 10.1 Å². The monoisotopic (exact) mass is 246 g/mol. The van der Waals surface area contributed by atoms with Crippen LogP contribution < -0.4 is 5.32 Å². The van der Waals surface area contributed by atoms with Crippen molar-refractivity contribution >= 4 is 28.1 Å². The fourth-order valence-corrected chi connectivity index (χ4v) is 2.29. The normalized spacial score (nSPS) is 10.5. The molecule has 0 aliphatic carbocycles. The van der Waals surface area contributed by atoms with Crippen LogP contribution in [0.3, 0.4) is 0 Å². The lowest BCUT2D eigenvalue weighted by molar-refractivity contribution is -0.380. The Hall–Kier alpha value is -0.590. The Morgan fingerprint density at radius 2 is 2.47 bits per heavy atom. The second kappa shape index (κ2) is 6.81. The van der Waals surface area contributed by atoms with Crippen molar-refractivity contribution in [3.05, 3.63) is 27.1 Å². The van der Waals surface area contributed by atoms with Crippen LogP contribution in [0.15, 0.2) is 11.4 Å². The third-order valence-electron chi connectivity index (χ3n) is 1.85. The summed E-state index contributed by atoms with van der Waals surface area (Å²) in [5.74, 6) is 1.15. The number of nitro groups is 1. The highest BCUT2D eigenvalue weighted by Crippen LogP contribution is 2.22. The van der Waals surface area contributed by atoms with Crippen molar-refractivity contribution in [3.63, 3.8) is 0 Å². The minimum Gasteiger partial charge on any atom is -0.313 e. The molecule has 1 heterocycles. The van der Waals surface area contributed by atoms with Crippen LogP contribution in [0.4, 0.5) is 5.00 Å². The van der Waals surface area contributed by atoms with Gasteiger partial charge in [0.05, 0.1) is 4.92 Å². The van der Waals surface area contributed by atoms with Crippen LogP contribution >= 0.6 is 23.1 Å². The molecular weight excluding hydrogens is 232 g/mol. The van der Waals surface area contributed by atoms with Crippen LogP contribution in [-0.4, -0.2) is 23.5 Å². The predicted octanol–water partition coefficient (Wildman–Crippen LogP) is 2.50. The molecule has 1 aromatic rings. The summed E-state index contributed by atoms with van der Waals surface area (Å²) in [6.45, 7) is 1.68. The van der Waals surface area contributed by atoms with Crippen LogP contribution in [0, 0.1) is 10.1 Å². The van der Waals surface area contributed by atoms with Crippen molar-refractivity contribution in [1.29, 1.82) is 0 Å². The average molecular weight is 246 g/mol. The molecule has 0 bridgehead atoms. The number of nitrogens with zero attached hydrogens (tertiary/aromatic N) is 1. The molecule has 0 aromatic carbocycles. The number of thiophene rings is 1. The van der Waals surface area contributed by atoms with Crippen molar-refractivity contribution in [2.24, 2.45) is 0 Å². The quantitative estimate of drug-likeness (QED) is 0.456. The summed E-state index contributed by atoms with van der Waals surface area (Å²) in [6, 6.07) is 1.63. The molecule has 0 radical (unpaired) electrons. The topological polar surface area (TPSA) is 55.2 Å². The molecule has 1 N–H and O–H groups in total. The first-order valence-corrected chi connectivity index (χ1v) is 6.93. The molecule has 6 heteroatoms. The van der Waals surface area contributed by atoms with E-state index in [0.29, 0.717) is 0 Å². The first-order chi connectivity index (χ1) is 7.24. The van der Waals surface area contributed by atoms with Gasteiger partial charge in [0, 0.05) is 18.0 Å². The van der Waals surface area contributed by atoms with E-state index >= 15 is 0 Å². The van der Waals surface area contributed by atoms with Crippen molar-refractivity contribution in [2.75, 3.05) is 18.6 Å². The standard InChI is InChI=1S/C9H14N2O2S2/c1-14-4-2-3-10-6-8-5-9(11(12)13)15-7-8/h5,7,10H,2-4,6H2,1H3. The molecule has 0 unspecified atom stereocenters. The molecule has 15 heavy (non-hydrogen) atoms. The Morgan fingerprint density at radius 3 is 3.07 bits per heavy atom. The molecule has 0 saturated carbocycles. The van der Waals surface area contributed by atoms with E-state index in [1.165, 1.54) is 11.3 Å². The van der Waals surface area contributed by atoms with Gasteiger partial charge in [-0.2, -0.15) is 11.8 Å². The van der Waals surface area contributed by atoms with Crippen LogP contribution in [0.1, 0.15) is 12.0 Å². The summed E-state index contributed by atoms with van der Waals surface area (Å²) in [5, 5.41) is 15.7. The molecule has 0 saturated heterocycles. The van der Waals surface area contributed by atoms with Crippen molar-refractivity contribution in [3.8, 4) is 0 Å². The Bertz CT molecular complexity index is 315. The second-order valence-electron chi connectivity index (χ2n) is 3.07. The van der Waals surface area contributed by atoms with Crippen LogP contribution in [-0.2, 0) is 6.54 Å². The van der Waals surface area contributed by atoms with Gasteiger partial charge >= 0.3 is 5.00 Å². The lowest BCUT2D eigenvalue weighted by Crippen LogP contribution is -2.14. The summed E-state index contributed by atoms with van der Waals surface area (Å²) >= 11 is 3.01. The molecule has 0 atom stereocenters. The number of nitrogens with one attached hydrogen (secondary N) is 1. The van der Waals surface area contributed by atoms with Crippen molar-refractivity contribution < 1.29 is 4.92 Å². The Kier molecular flexibility index (Phi) is 5.67. The summed E-state index contributed by atoms with van der Waals surface area (Å²) < 4.78 is 0. The van der Waals surface area contributed by atoms with E-state index in [-0.39, 0.29) is 9.92 Å². The lowest BCUT2D eigenvalue weighted by Gasteiger charge is -2.00. The van der Waals surface area contributed by atoms with Crippen LogP contribution in [0.2, 0.25) is 0 Å². The van der Waals surface area contributed by atoms with Crippen molar-refractivity contribution in [1.82, 2.24) is 5.32 Å². The van der Waals surface area contributed by atoms with Gasteiger partial charge in [-0.05, 0) is 30.5 Å². The molecule has 0 amide bonds. The van der Waals surface area contributed by atoms with Gasteiger partial charge in [-0.3, -0.25) is 10.1 Å². The highest BCUT2D eigenvalue weighted by molar-refractivity contribution is 7.98. The summed E-state index contributed by atoms with van der Waals surface area (Å²) in [5.41, 5.74) is 0.996. The summed E-state index contributed by atoms with van der Waals surface area (Å²) in [6.07, 6.45) is 3.22. The Morgan fingerprint density at radius 1 is 1.67 bits per heavy atom. The van der Waals surface area contributed by atoms with Gasteiger partial charge in [-0.15, -0.1) is 0 Å². The van der Waals surface area contributed by atoms with Crippen LogP contribution in [0.5, 0.6) is 0 Å².